The van der Waals surface area contributed by atoms with Crippen LogP contribution in [0.3, 0.4) is 0 Å². The van der Waals surface area contributed by atoms with Crippen LogP contribution in [0.15, 0.2) is 6.20 Å². The van der Waals surface area contributed by atoms with E-state index in [1.807, 2.05) is 11.6 Å². The predicted octanol–water partition coefficient (Wildman–Crippen LogP) is 2.81. The second-order valence-electron chi connectivity index (χ2n) is 5.86. The van der Waals surface area contributed by atoms with E-state index in [1.54, 1.807) is 20.0 Å². The van der Waals surface area contributed by atoms with Gasteiger partial charge in [0, 0.05) is 12.8 Å². The van der Waals surface area contributed by atoms with Gasteiger partial charge in [0.15, 0.2) is 9.84 Å². The first-order chi connectivity index (χ1) is 9.66. The van der Waals surface area contributed by atoms with Crippen LogP contribution in [-0.2, 0) is 16.4 Å². The van der Waals surface area contributed by atoms with E-state index in [1.165, 1.54) is 6.26 Å². The van der Waals surface area contributed by atoms with Gasteiger partial charge in [-0.15, -0.1) is 0 Å². The van der Waals surface area contributed by atoms with Crippen molar-refractivity contribution in [3.05, 3.63) is 16.9 Å². The van der Waals surface area contributed by atoms with Crippen molar-refractivity contribution in [1.29, 1.82) is 0 Å². The summed E-state index contributed by atoms with van der Waals surface area (Å²) in [5.74, 6) is 0. The number of aromatic nitrogens is 2. The Bertz CT molecular complexity index is 567. The Balaban J connectivity index is 3.35. The fourth-order valence-electron chi connectivity index (χ4n) is 2.22. The van der Waals surface area contributed by atoms with Crippen LogP contribution in [0.2, 0.25) is 5.02 Å². The Morgan fingerprint density at radius 3 is 2.48 bits per heavy atom. The Labute approximate surface area is 133 Å². The Kier molecular flexibility index (Phi) is 6.25. The summed E-state index contributed by atoms with van der Waals surface area (Å²) in [4.78, 5) is 0. The van der Waals surface area contributed by atoms with Crippen molar-refractivity contribution < 1.29 is 8.42 Å². The minimum absolute atomic E-state index is 0.394. The summed E-state index contributed by atoms with van der Waals surface area (Å²) < 4.78 is 25.3. The summed E-state index contributed by atoms with van der Waals surface area (Å²) in [5, 5.41) is 8.12. The van der Waals surface area contributed by atoms with Gasteiger partial charge in [0.2, 0.25) is 0 Å². The lowest BCUT2D eigenvalue weighted by Gasteiger charge is -2.34. The Morgan fingerprint density at radius 2 is 2.00 bits per heavy atom. The number of halogens is 1. The van der Waals surface area contributed by atoms with Crippen molar-refractivity contribution in [3.63, 3.8) is 0 Å². The van der Waals surface area contributed by atoms with E-state index in [-0.39, 0.29) is 0 Å². The molecule has 0 saturated heterocycles. The van der Waals surface area contributed by atoms with E-state index >= 15 is 0 Å². The van der Waals surface area contributed by atoms with Crippen LogP contribution in [0.4, 0.5) is 0 Å². The highest BCUT2D eigenvalue weighted by molar-refractivity contribution is 7.92. The maximum absolute atomic E-state index is 12.2. The number of nitrogens with zero attached hydrogens (tertiary/aromatic N) is 2. The van der Waals surface area contributed by atoms with E-state index in [9.17, 15) is 8.42 Å². The largest absolute Gasteiger partial charge is 0.307 e. The third-order valence-electron chi connectivity index (χ3n) is 3.79. The van der Waals surface area contributed by atoms with Crippen molar-refractivity contribution in [2.24, 2.45) is 0 Å². The maximum atomic E-state index is 12.2. The molecule has 0 aliphatic heterocycles. The number of hydrogen-bond acceptors (Lipinski definition) is 4. The molecule has 0 amide bonds. The third-order valence-corrected chi connectivity index (χ3v) is 6.23. The molecule has 1 aromatic rings. The van der Waals surface area contributed by atoms with E-state index in [0.717, 1.165) is 25.1 Å². The van der Waals surface area contributed by atoms with Crippen LogP contribution in [0.5, 0.6) is 0 Å². The molecule has 1 unspecified atom stereocenters. The highest BCUT2D eigenvalue weighted by Crippen LogP contribution is 2.35. The number of sulfone groups is 1. The van der Waals surface area contributed by atoms with E-state index in [2.05, 4.69) is 17.3 Å². The summed E-state index contributed by atoms with van der Waals surface area (Å²) in [6.45, 7) is 8.99. The van der Waals surface area contributed by atoms with Gasteiger partial charge in [-0.3, -0.25) is 4.68 Å². The van der Waals surface area contributed by atoms with Crippen molar-refractivity contribution in [2.75, 3.05) is 12.8 Å². The smallest absolute Gasteiger partial charge is 0.154 e. The maximum Gasteiger partial charge on any atom is 0.154 e. The monoisotopic (exact) mass is 335 g/mol. The van der Waals surface area contributed by atoms with Gasteiger partial charge in [0.25, 0.3) is 0 Å². The standard InChI is InChI=1S/C14H26ClN3O2S/c1-6-8-16-13(14(3,4)21(5,19)20)12-11(15)10-17-18(12)9-7-2/h10,13,16H,6-9H2,1-5H3. The van der Waals surface area contributed by atoms with Crippen LogP contribution in [0.1, 0.15) is 52.3 Å². The van der Waals surface area contributed by atoms with Gasteiger partial charge in [-0.05, 0) is 33.2 Å². The molecule has 21 heavy (non-hydrogen) atoms. The molecule has 0 aromatic carbocycles. The zero-order valence-electron chi connectivity index (χ0n) is 13.5. The van der Waals surface area contributed by atoms with Gasteiger partial charge in [0.05, 0.1) is 27.7 Å². The fourth-order valence-corrected chi connectivity index (χ4v) is 3.10. The molecule has 0 fully saturated rings. The summed E-state index contributed by atoms with van der Waals surface area (Å²) >= 11 is 6.29. The normalized spacial score (nSPS) is 14.4. The summed E-state index contributed by atoms with van der Waals surface area (Å²) in [6, 6.07) is -0.394. The minimum atomic E-state index is -3.27. The van der Waals surface area contributed by atoms with Gasteiger partial charge in [0.1, 0.15) is 0 Å². The molecule has 0 aliphatic rings. The first-order valence-corrected chi connectivity index (χ1v) is 9.57. The van der Waals surface area contributed by atoms with Crippen LogP contribution >= 0.6 is 11.6 Å². The molecule has 0 bridgehead atoms. The first kappa shape index (κ1) is 18.5. The van der Waals surface area contributed by atoms with E-state index in [0.29, 0.717) is 11.6 Å². The average Bonchev–Trinajstić information content (AvgIpc) is 2.71. The van der Waals surface area contributed by atoms with Crippen LogP contribution < -0.4 is 5.32 Å². The van der Waals surface area contributed by atoms with Gasteiger partial charge in [-0.1, -0.05) is 25.4 Å². The summed E-state index contributed by atoms with van der Waals surface area (Å²) in [6.07, 6.45) is 4.67. The van der Waals surface area contributed by atoms with E-state index in [4.69, 9.17) is 11.6 Å². The lowest BCUT2D eigenvalue weighted by Crippen LogP contribution is -2.46. The molecule has 1 N–H and O–H groups in total. The molecule has 0 radical (unpaired) electrons. The molecular formula is C14H26ClN3O2S. The van der Waals surface area contributed by atoms with Crippen molar-refractivity contribution >= 4 is 21.4 Å². The van der Waals surface area contributed by atoms with Crippen LogP contribution in [0.25, 0.3) is 0 Å². The van der Waals surface area contributed by atoms with E-state index < -0.39 is 20.6 Å². The van der Waals surface area contributed by atoms with Gasteiger partial charge in [-0.25, -0.2) is 8.42 Å². The molecule has 0 saturated carbocycles. The predicted molar refractivity (Wildman–Crippen MR) is 87.5 cm³/mol. The summed E-state index contributed by atoms with van der Waals surface area (Å²) in [7, 11) is -3.27. The second-order valence-corrected chi connectivity index (χ2v) is 8.87. The van der Waals surface area contributed by atoms with Crippen LogP contribution in [0, 0.1) is 0 Å². The quantitative estimate of drug-likeness (QED) is 0.793. The van der Waals surface area contributed by atoms with Gasteiger partial charge in [-0.2, -0.15) is 5.10 Å². The number of nitrogens with one attached hydrogen (secondary N) is 1. The molecule has 7 heteroatoms. The molecule has 5 nitrogen and oxygen atoms in total. The Hall–Kier alpha value is -0.590. The lowest BCUT2D eigenvalue weighted by molar-refractivity contribution is 0.391. The molecule has 1 aromatic heterocycles. The molecule has 1 heterocycles. The van der Waals surface area contributed by atoms with Gasteiger partial charge < -0.3 is 5.32 Å². The fraction of sp³-hybridized carbons (Fsp3) is 0.786. The number of aryl methyl sites for hydroxylation is 1. The first-order valence-electron chi connectivity index (χ1n) is 7.31. The lowest BCUT2D eigenvalue weighted by atomic mass is 9.99. The zero-order chi connectivity index (χ0) is 16.3. The SMILES string of the molecule is CCCNC(c1c(Cl)cnn1CCC)C(C)(C)S(C)(=O)=O. The van der Waals surface area contributed by atoms with Crippen LogP contribution in [-0.4, -0.2) is 35.7 Å². The van der Waals surface area contributed by atoms with Crippen molar-refractivity contribution in [1.82, 2.24) is 15.1 Å². The Morgan fingerprint density at radius 1 is 1.38 bits per heavy atom. The zero-order valence-corrected chi connectivity index (χ0v) is 15.1. The van der Waals surface area contributed by atoms with Crippen molar-refractivity contribution in [2.45, 2.75) is 57.9 Å². The average molecular weight is 336 g/mol. The minimum Gasteiger partial charge on any atom is -0.307 e. The highest BCUT2D eigenvalue weighted by atomic mass is 35.5. The molecule has 0 aliphatic carbocycles. The summed E-state index contributed by atoms with van der Waals surface area (Å²) in [5.41, 5.74) is 0.752. The molecule has 1 rings (SSSR count). The molecule has 0 spiro atoms. The highest BCUT2D eigenvalue weighted by Gasteiger charge is 2.42. The van der Waals surface area contributed by atoms with Crippen molar-refractivity contribution in [3.8, 4) is 0 Å². The number of rotatable bonds is 8. The second kappa shape index (κ2) is 7.11. The number of hydrogen-bond donors (Lipinski definition) is 1. The molecule has 122 valence electrons. The molecular weight excluding hydrogens is 310 g/mol. The molecule has 1 atom stereocenters. The van der Waals surface area contributed by atoms with Gasteiger partial charge >= 0.3 is 0 Å². The topological polar surface area (TPSA) is 64.0 Å². The third kappa shape index (κ3) is 3.99.